The van der Waals surface area contributed by atoms with Crippen LogP contribution < -0.4 is 11.1 Å². The van der Waals surface area contributed by atoms with Gasteiger partial charge in [-0.15, -0.1) is 0 Å². The number of hydrogen-bond donors (Lipinski definition) is 2. The van der Waals surface area contributed by atoms with Gasteiger partial charge in [-0.05, 0) is 39.2 Å². The van der Waals surface area contributed by atoms with Crippen LogP contribution in [0.1, 0.15) is 39.5 Å². The Hall–Kier alpha value is -0.120. The quantitative estimate of drug-likeness (QED) is 0.644. The van der Waals surface area contributed by atoms with Crippen LogP contribution in [-0.2, 0) is 4.74 Å². The molecule has 1 aliphatic carbocycles. The lowest BCUT2D eigenvalue weighted by molar-refractivity contribution is 0.00778. The van der Waals surface area contributed by atoms with Crippen molar-refractivity contribution in [2.24, 2.45) is 11.7 Å². The van der Waals surface area contributed by atoms with Crippen LogP contribution in [0.15, 0.2) is 0 Å². The normalized spacial score (nSPS) is 19.2. The van der Waals surface area contributed by atoms with Crippen LogP contribution in [0.2, 0.25) is 0 Å². The molecule has 90 valence electrons. The van der Waals surface area contributed by atoms with E-state index in [0.717, 1.165) is 18.9 Å². The van der Waals surface area contributed by atoms with Crippen LogP contribution in [0, 0.1) is 5.92 Å². The molecule has 3 N–H and O–H groups in total. The van der Waals surface area contributed by atoms with Crippen LogP contribution in [0.5, 0.6) is 0 Å². The smallest absolute Gasteiger partial charge is 0.0638 e. The molecule has 1 unspecified atom stereocenters. The molecule has 1 rings (SSSR count). The van der Waals surface area contributed by atoms with Crippen LogP contribution in [0.25, 0.3) is 0 Å². The third kappa shape index (κ3) is 5.50. The van der Waals surface area contributed by atoms with Crippen molar-refractivity contribution in [3.05, 3.63) is 0 Å². The first-order valence-electron chi connectivity index (χ1n) is 6.06. The highest BCUT2D eigenvalue weighted by atomic mass is 16.5. The maximum absolute atomic E-state index is 5.75. The fourth-order valence-electron chi connectivity index (χ4n) is 1.81. The first-order valence-corrected chi connectivity index (χ1v) is 6.06. The average Bonchev–Trinajstić information content (AvgIpc) is 3.00. The molecule has 0 aliphatic heterocycles. The van der Waals surface area contributed by atoms with E-state index in [1.165, 1.54) is 19.3 Å². The molecular weight excluding hydrogens is 188 g/mol. The van der Waals surface area contributed by atoms with E-state index < -0.39 is 0 Å². The summed E-state index contributed by atoms with van der Waals surface area (Å²) in [5.74, 6) is 0.992. The molecule has 3 nitrogen and oxygen atoms in total. The highest BCUT2D eigenvalue weighted by Crippen LogP contribution is 2.31. The minimum absolute atomic E-state index is 0.0728. The van der Waals surface area contributed by atoms with Gasteiger partial charge in [-0.25, -0.2) is 0 Å². The summed E-state index contributed by atoms with van der Waals surface area (Å²) in [6.07, 6.45) is 5.14. The third-order valence-corrected chi connectivity index (χ3v) is 3.26. The topological polar surface area (TPSA) is 47.3 Å². The fourth-order valence-corrected chi connectivity index (χ4v) is 1.81. The van der Waals surface area contributed by atoms with Gasteiger partial charge >= 0.3 is 0 Å². The molecular formula is C12H26N2O. The Morgan fingerprint density at radius 2 is 2.13 bits per heavy atom. The van der Waals surface area contributed by atoms with Crippen molar-refractivity contribution in [1.82, 2.24) is 5.32 Å². The molecule has 0 aromatic rings. The lowest BCUT2D eigenvalue weighted by atomic mass is 9.98. The predicted octanol–water partition coefficient (Wildman–Crippen LogP) is 1.52. The van der Waals surface area contributed by atoms with Crippen LogP contribution in [-0.4, -0.2) is 31.8 Å². The predicted molar refractivity (Wildman–Crippen MR) is 63.9 cm³/mol. The number of rotatable bonds is 8. The van der Waals surface area contributed by atoms with Crippen LogP contribution in [0.4, 0.5) is 0 Å². The van der Waals surface area contributed by atoms with E-state index >= 15 is 0 Å². The van der Waals surface area contributed by atoms with Gasteiger partial charge in [0, 0.05) is 19.7 Å². The molecule has 0 aromatic heterocycles. The minimum Gasteiger partial charge on any atom is -0.379 e. The molecule has 1 aliphatic rings. The van der Waals surface area contributed by atoms with E-state index in [1.54, 1.807) is 7.11 Å². The van der Waals surface area contributed by atoms with Gasteiger partial charge in [0.05, 0.1) is 5.60 Å². The number of nitrogens with two attached hydrogens (primary N) is 1. The first kappa shape index (κ1) is 12.9. The molecule has 0 spiro atoms. The molecule has 0 aromatic carbocycles. The summed E-state index contributed by atoms with van der Waals surface area (Å²) in [5, 5.41) is 3.53. The monoisotopic (exact) mass is 214 g/mol. The van der Waals surface area contributed by atoms with E-state index in [9.17, 15) is 0 Å². The summed E-state index contributed by atoms with van der Waals surface area (Å²) in [4.78, 5) is 0. The molecule has 0 heterocycles. The van der Waals surface area contributed by atoms with E-state index in [2.05, 4.69) is 19.2 Å². The average molecular weight is 214 g/mol. The second-order valence-electron chi connectivity index (χ2n) is 5.29. The van der Waals surface area contributed by atoms with Crippen molar-refractivity contribution in [3.63, 3.8) is 0 Å². The molecule has 1 atom stereocenters. The van der Waals surface area contributed by atoms with Gasteiger partial charge in [-0.1, -0.05) is 12.8 Å². The molecule has 15 heavy (non-hydrogen) atoms. The summed E-state index contributed by atoms with van der Waals surface area (Å²) in [7, 11) is 1.76. The summed E-state index contributed by atoms with van der Waals surface area (Å²) in [6, 6.07) is 0.388. The van der Waals surface area contributed by atoms with Gasteiger partial charge < -0.3 is 15.8 Å². The van der Waals surface area contributed by atoms with E-state index in [4.69, 9.17) is 10.5 Å². The first-order chi connectivity index (χ1) is 7.07. The third-order valence-electron chi connectivity index (χ3n) is 3.26. The maximum atomic E-state index is 5.75. The Balaban J connectivity index is 2.15. The van der Waals surface area contributed by atoms with Gasteiger partial charge in [0.15, 0.2) is 0 Å². The standard InChI is InChI=1S/C12H26N2O/c1-12(2,15-3)8-11(9-13)14-7-6-10-4-5-10/h10-11,14H,4-9,13H2,1-3H3. The fraction of sp³-hybridized carbons (Fsp3) is 1.00. The Morgan fingerprint density at radius 1 is 1.47 bits per heavy atom. The van der Waals surface area contributed by atoms with Gasteiger partial charge in [-0.3, -0.25) is 0 Å². The molecule has 0 saturated heterocycles. The van der Waals surface area contributed by atoms with Crippen LogP contribution in [0.3, 0.4) is 0 Å². The molecule has 0 radical (unpaired) electrons. The van der Waals surface area contributed by atoms with Gasteiger partial charge in [0.1, 0.15) is 0 Å². The second kappa shape index (κ2) is 5.83. The van der Waals surface area contributed by atoms with Gasteiger partial charge in [0.2, 0.25) is 0 Å². The van der Waals surface area contributed by atoms with E-state index in [-0.39, 0.29) is 5.60 Å². The molecule has 1 fully saturated rings. The lowest BCUT2D eigenvalue weighted by Gasteiger charge is -2.28. The summed E-state index contributed by atoms with van der Waals surface area (Å²) < 4.78 is 5.41. The van der Waals surface area contributed by atoms with Crippen molar-refractivity contribution in [2.75, 3.05) is 20.2 Å². The molecule has 0 amide bonds. The van der Waals surface area contributed by atoms with Crippen molar-refractivity contribution in [3.8, 4) is 0 Å². The lowest BCUT2D eigenvalue weighted by Crippen LogP contribution is -2.42. The van der Waals surface area contributed by atoms with Crippen LogP contribution >= 0.6 is 0 Å². The Kier molecular flexibility index (Phi) is 5.03. The number of ether oxygens (including phenoxy) is 1. The Bertz CT molecular complexity index is 178. The van der Waals surface area contributed by atoms with Crippen molar-refractivity contribution >= 4 is 0 Å². The highest BCUT2D eigenvalue weighted by molar-refractivity contribution is 4.80. The zero-order chi connectivity index (χ0) is 11.3. The number of nitrogens with one attached hydrogen (secondary N) is 1. The van der Waals surface area contributed by atoms with Crippen molar-refractivity contribution < 1.29 is 4.74 Å². The Morgan fingerprint density at radius 3 is 2.60 bits per heavy atom. The summed E-state index contributed by atoms with van der Waals surface area (Å²) in [6.45, 7) is 6.01. The van der Waals surface area contributed by atoms with Crippen molar-refractivity contribution in [2.45, 2.75) is 51.2 Å². The van der Waals surface area contributed by atoms with E-state index in [1.807, 2.05) is 0 Å². The molecule has 3 heteroatoms. The zero-order valence-corrected chi connectivity index (χ0v) is 10.4. The highest BCUT2D eigenvalue weighted by Gasteiger charge is 2.23. The second-order valence-corrected chi connectivity index (χ2v) is 5.29. The number of hydrogen-bond acceptors (Lipinski definition) is 3. The number of methoxy groups -OCH3 is 1. The zero-order valence-electron chi connectivity index (χ0n) is 10.4. The van der Waals surface area contributed by atoms with Gasteiger partial charge in [-0.2, -0.15) is 0 Å². The SMILES string of the molecule is COC(C)(C)CC(CN)NCCC1CC1. The largest absolute Gasteiger partial charge is 0.379 e. The molecule has 0 bridgehead atoms. The van der Waals surface area contributed by atoms with Crippen molar-refractivity contribution in [1.29, 1.82) is 0 Å². The maximum Gasteiger partial charge on any atom is 0.0638 e. The van der Waals surface area contributed by atoms with E-state index in [0.29, 0.717) is 12.6 Å². The minimum atomic E-state index is -0.0728. The van der Waals surface area contributed by atoms with Gasteiger partial charge in [0.25, 0.3) is 0 Å². The summed E-state index contributed by atoms with van der Waals surface area (Å²) >= 11 is 0. The molecule has 1 saturated carbocycles. The summed E-state index contributed by atoms with van der Waals surface area (Å²) in [5.41, 5.74) is 5.68. The Labute approximate surface area is 93.8 Å².